The molecule has 0 aromatic heterocycles. The summed E-state index contributed by atoms with van der Waals surface area (Å²) < 4.78 is 4.77. The molecule has 1 heterocycles. The summed E-state index contributed by atoms with van der Waals surface area (Å²) in [5.41, 5.74) is 0. The summed E-state index contributed by atoms with van der Waals surface area (Å²) in [6.45, 7) is 4.47. The van der Waals surface area contributed by atoms with Gasteiger partial charge in [-0.3, -0.25) is 4.79 Å². The highest BCUT2D eigenvalue weighted by Crippen LogP contribution is 2.16. The predicted molar refractivity (Wildman–Crippen MR) is 77.2 cm³/mol. The molecule has 19 heavy (non-hydrogen) atoms. The van der Waals surface area contributed by atoms with Crippen molar-refractivity contribution in [2.24, 2.45) is 5.92 Å². The van der Waals surface area contributed by atoms with E-state index in [1.165, 1.54) is 33.0 Å². The van der Waals surface area contributed by atoms with Crippen molar-refractivity contribution in [1.82, 2.24) is 15.1 Å². The van der Waals surface area contributed by atoms with Crippen LogP contribution in [0.4, 0.5) is 0 Å². The van der Waals surface area contributed by atoms with Crippen molar-refractivity contribution in [3.05, 3.63) is 0 Å². The largest absolute Gasteiger partial charge is 0.468 e. The summed E-state index contributed by atoms with van der Waals surface area (Å²) >= 11 is 0. The van der Waals surface area contributed by atoms with Crippen LogP contribution in [0, 0.1) is 5.92 Å². The fraction of sp³-hybridized carbons (Fsp3) is 0.929. The van der Waals surface area contributed by atoms with Crippen LogP contribution in [-0.4, -0.2) is 76.2 Å². The molecular weight excluding hydrogens is 242 g/mol. The van der Waals surface area contributed by atoms with Crippen molar-refractivity contribution in [3.8, 4) is 0 Å². The summed E-state index contributed by atoms with van der Waals surface area (Å²) in [5, 5.41) is 3.01. The molecule has 1 unspecified atom stereocenters. The summed E-state index contributed by atoms with van der Waals surface area (Å²) in [6, 6.07) is -0.190. The number of rotatable bonds is 7. The van der Waals surface area contributed by atoms with E-state index in [4.69, 9.17) is 4.74 Å². The van der Waals surface area contributed by atoms with E-state index in [-0.39, 0.29) is 12.0 Å². The SMILES string of the molecule is CNC(CCN(C)CC1CCN(C)CC1)C(=O)OC. The molecule has 1 fully saturated rings. The maximum absolute atomic E-state index is 11.5. The third kappa shape index (κ3) is 5.89. The Morgan fingerprint density at radius 3 is 2.63 bits per heavy atom. The molecule has 112 valence electrons. The van der Waals surface area contributed by atoms with Crippen LogP contribution in [0.15, 0.2) is 0 Å². The lowest BCUT2D eigenvalue weighted by Crippen LogP contribution is -2.40. The quantitative estimate of drug-likeness (QED) is 0.680. The minimum absolute atomic E-state index is 0.171. The molecule has 0 spiro atoms. The number of hydrogen-bond donors (Lipinski definition) is 1. The fourth-order valence-corrected chi connectivity index (χ4v) is 2.65. The van der Waals surface area contributed by atoms with Gasteiger partial charge in [-0.2, -0.15) is 0 Å². The average Bonchev–Trinajstić information content (AvgIpc) is 2.41. The number of nitrogens with zero attached hydrogens (tertiary/aromatic N) is 2. The van der Waals surface area contributed by atoms with Crippen LogP contribution in [0.2, 0.25) is 0 Å². The summed E-state index contributed by atoms with van der Waals surface area (Å²) in [6.07, 6.45) is 3.37. The molecule has 1 atom stereocenters. The minimum Gasteiger partial charge on any atom is -0.468 e. The molecule has 0 aliphatic carbocycles. The van der Waals surface area contributed by atoms with Gasteiger partial charge in [0, 0.05) is 6.54 Å². The van der Waals surface area contributed by atoms with E-state index >= 15 is 0 Å². The highest BCUT2D eigenvalue weighted by atomic mass is 16.5. The smallest absolute Gasteiger partial charge is 0.322 e. The second-order valence-electron chi connectivity index (χ2n) is 5.66. The number of hydrogen-bond acceptors (Lipinski definition) is 5. The van der Waals surface area contributed by atoms with E-state index in [0.29, 0.717) is 0 Å². The number of carbonyl (C=O) groups is 1. The third-order valence-corrected chi connectivity index (χ3v) is 4.04. The maximum Gasteiger partial charge on any atom is 0.322 e. The molecule has 0 bridgehead atoms. The molecule has 0 saturated carbocycles. The van der Waals surface area contributed by atoms with Gasteiger partial charge in [-0.15, -0.1) is 0 Å². The number of nitrogens with one attached hydrogen (secondary N) is 1. The van der Waals surface area contributed by atoms with Crippen molar-refractivity contribution in [3.63, 3.8) is 0 Å². The van der Waals surface area contributed by atoms with Crippen molar-refractivity contribution < 1.29 is 9.53 Å². The van der Waals surface area contributed by atoms with Crippen LogP contribution in [0.1, 0.15) is 19.3 Å². The van der Waals surface area contributed by atoms with Gasteiger partial charge in [-0.05, 0) is 66.0 Å². The normalized spacial score (nSPS) is 19.6. The lowest BCUT2D eigenvalue weighted by Gasteiger charge is -2.32. The predicted octanol–water partition coefficient (Wildman–Crippen LogP) is 0.411. The van der Waals surface area contributed by atoms with Crippen molar-refractivity contribution >= 4 is 5.97 Å². The number of ether oxygens (including phenoxy) is 1. The lowest BCUT2D eigenvalue weighted by atomic mass is 9.96. The Morgan fingerprint density at radius 1 is 1.47 bits per heavy atom. The second-order valence-corrected chi connectivity index (χ2v) is 5.66. The molecule has 1 N–H and O–H groups in total. The molecule has 0 radical (unpaired) electrons. The molecule has 0 aromatic carbocycles. The zero-order valence-corrected chi connectivity index (χ0v) is 12.8. The molecule has 1 saturated heterocycles. The van der Waals surface area contributed by atoms with E-state index in [2.05, 4.69) is 29.2 Å². The van der Waals surface area contributed by atoms with E-state index in [0.717, 1.165) is 25.4 Å². The lowest BCUT2D eigenvalue weighted by molar-refractivity contribution is -0.143. The van der Waals surface area contributed by atoms with E-state index in [1.54, 1.807) is 7.05 Å². The topological polar surface area (TPSA) is 44.8 Å². The Balaban J connectivity index is 2.23. The monoisotopic (exact) mass is 271 g/mol. The maximum atomic E-state index is 11.5. The van der Waals surface area contributed by atoms with Crippen LogP contribution in [0.3, 0.4) is 0 Å². The third-order valence-electron chi connectivity index (χ3n) is 4.04. The summed E-state index contributed by atoms with van der Waals surface area (Å²) in [4.78, 5) is 16.2. The number of likely N-dealkylation sites (N-methyl/N-ethyl adjacent to an activating group) is 1. The number of likely N-dealkylation sites (tertiary alicyclic amines) is 1. The molecule has 5 nitrogen and oxygen atoms in total. The van der Waals surface area contributed by atoms with Crippen molar-refractivity contribution in [1.29, 1.82) is 0 Å². The molecule has 1 rings (SSSR count). The zero-order valence-electron chi connectivity index (χ0n) is 12.8. The summed E-state index contributed by atoms with van der Waals surface area (Å²) in [7, 11) is 7.57. The number of methoxy groups -OCH3 is 1. The number of carbonyl (C=O) groups excluding carboxylic acids is 1. The Bertz CT molecular complexity index is 265. The average molecular weight is 271 g/mol. The molecule has 0 amide bonds. The Kier molecular flexibility index (Phi) is 7.34. The van der Waals surface area contributed by atoms with Gasteiger partial charge in [0.2, 0.25) is 0 Å². The van der Waals surface area contributed by atoms with Crippen molar-refractivity contribution in [2.75, 3.05) is 54.4 Å². The zero-order chi connectivity index (χ0) is 14.3. The first kappa shape index (κ1) is 16.4. The van der Waals surface area contributed by atoms with Gasteiger partial charge in [-0.1, -0.05) is 0 Å². The van der Waals surface area contributed by atoms with E-state index < -0.39 is 0 Å². The Morgan fingerprint density at radius 2 is 2.11 bits per heavy atom. The van der Waals surface area contributed by atoms with Crippen LogP contribution < -0.4 is 5.32 Å². The first-order valence-electron chi connectivity index (χ1n) is 7.19. The highest BCUT2D eigenvalue weighted by Gasteiger charge is 2.20. The minimum atomic E-state index is -0.190. The van der Waals surface area contributed by atoms with Gasteiger partial charge >= 0.3 is 5.97 Å². The molecular formula is C14H29N3O2. The molecule has 0 aromatic rings. The number of esters is 1. The van der Waals surface area contributed by atoms with E-state index in [1.807, 2.05) is 0 Å². The van der Waals surface area contributed by atoms with Gasteiger partial charge in [0.25, 0.3) is 0 Å². The second kappa shape index (κ2) is 8.51. The van der Waals surface area contributed by atoms with Gasteiger partial charge in [0.1, 0.15) is 6.04 Å². The first-order chi connectivity index (χ1) is 9.06. The number of piperidine rings is 1. The van der Waals surface area contributed by atoms with Crippen LogP contribution >= 0.6 is 0 Å². The van der Waals surface area contributed by atoms with Crippen molar-refractivity contribution in [2.45, 2.75) is 25.3 Å². The van der Waals surface area contributed by atoms with Gasteiger partial charge < -0.3 is 19.9 Å². The summed E-state index contributed by atoms with van der Waals surface area (Å²) in [5.74, 6) is 0.627. The fourth-order valence-electron chi connectivity index (χ4n) is 2.65. The Hall–Kier alpha value is -0.650. The van der Waals surface area contributed by atoms with Gasteiger partial charge in [-0.25, -0.2) is 0 Å². The van der Waals surface area contributed by atoms with E-state index in [9.17, 15) is 4.79 Å². The Labute approximate surface area is 117 Å². The van der Waals surface area contributed by atoms with Crippen LogP contribution in [0.5, 0.6) is 0 Å². The molecule has 1 aliphatic heterocycles. The van der Waals surface area contributed by atoms with Gasteiger partial charge in [0.05, 0.1) is 7.11 Å². The van der Waals surface area contributed by atoms with Crippen LogP contribution in [0.25, 0.3) is 0 Å². The van der Waals surface area contributed by atoms with Crippen LogP contribution in [-0.2, 0) is 9.53 Å². The first-order valence-corrected chi connectivity index (χ1v) is 7.19. The molecule has 5 heteroatoms. The highest BCUT2D eigenvalue weighted by molar-refractivity contribution is 5.75. The standard InChI is InChI=1S/C14H29N3O2/c1-15-13(14(18)19-4)7-10-17(3)11-12-5-8-16(2)9-6-12/h12-13,15H,5-11H2,1-4H3. The van der Waals surface area contributed by atoms with Gasteiger partial charge in [0.15, 0.2) is 0 Å². The molecule has 1 aliphatic rings.